The number of nitrogens with one attached hydrogen (secondary N) is 3. The van der Waals surface area contributed by atoms with Crippen LogP contribution in [0.2, 0.25) is 5.02 Å². The molecule has 2 aromatic rings. The average Bonchev–Trinajstić information content (AvgIpc) is 2.91. The van der Waals surface area contributed by atoms with E-state index in [2.05, 4.69) is 23.3 Å². The van der Waals surface area contributed by atoms with E-state index in [0.717, 1.165) is 32.6 Å². The van der Waals surface area contributed by atoms with Crippen molar-refractivity contribution in [3.63, 3.8) is 0 Å². The van der Waals surface area contributed by atoms with E-state index in [4.69, 9.17) is 11.6 Å². The smallest absolute Gasteiger partial charge is 0.264 e. The Bertz CT molecular complexity index is 1300. The molecule has 39 heavy (non-hydrogen) atoms. The van der Waals surface area contributed by atoms with Crippen LogP contribution in [0.15, 0.2) is 47.4 Å². The molecule has 0 aromatic heterocycles. The second kappa shape index (κ2) is 14.2. The van der Waals surface area contributed by atoms with Crippen molar-refractivity contribution in [3.05, 3.63) is 53.1 Å². The van der Waals surface area contributed by atoms with Crippen molar-refractivity contribution >= 4 is 52.0 Å². The third-order valence-electron chi connectivity index (χ3n) is 6.78. The molecule has 3 rings (SSSR count). The number of benzene rings is 2. The molecule has 1 aliphatic carbocycles. The topological polar surface area (TPSA) is 142 Å². The monoisotopic (exact) mass is 595 g/mol. The summed E-state index contributed by atoms with van der Waals surface area (Å²) < 4.78 is 27.4. The van der Waals surface area contributed by atoms with Crippen LogP contribution < -0.4 is 15.4 Å². The van der Waals surface area contributed by atoms with E-state index in [-0.39, 0.29) is 46.3 Å². The summed E-state index contributed by atoms with van der Waals surface area (Å²) in [6.45, 7) is 1.16. The number of aliphatic hydroxyl groups is 1. The molecule has 9 nitrogen and oxygen atoms in total. The molecule has 2 atom stereocenters. The van der Waals surface area contributed by atoms with Gasteiger partial charge in [0.15, 0.2) is 0 Å². The van der Waals surface area contributed by atoms with Crippen molar-refractivity contribution in [2.24, 2.45) is 11.8 Å². The summed E-state index contributed by atoms with van der Waals surface area (Å²) in [5, 5.41) is 15.1. The maximum absolute atomic E-state index is 12.8. The molecule has 212 valence electrons. The van der Waals surface area contributed by atoms with Crippen molar-refractivity contribution in [1.82, 2.24) is 15.4 Å². The van der Waals surface area contributed by atoms with Gasteiger partial charge in [-0.25, -0.2) is 13.1 Å². The molecule has 4 N–H and O–H groups in total. The molecule has 2 aromatic carbocycles. The van der Waals surface area contributed by atoms with Crippen LogP contribution in [-0.4, -0.2) is 49.6 Å². The van der Waals surface area contributed by atoms with E-state index in [1.54, 1.807) is 30.3 Å². The van der Waals surface area contributed by atoms with Crippen LogP contribution in [0.4, 0.5) is 0 Å². The lowest BCUT2D eigenvalue weighted by Crippen LogP contribution is -2.42. The minimum Gasteiger partial charge on any atom is -0.384 e. The quantitative estimate of drug-likeness (QED) is 0.253. The highest BCUT2D eigenvalue weighted by atomic mass is 35.5. The zero-order valence-corrected chi connectivity index (χ0v) is 24.1. The summed E-state index contributed by atoms with van der Waals surface area (Å²) in [4.78, 5) is 36.6. The lowest BCUT2D eigenvalue weighted by atomic mass is 9.80. The lowest BCUT2D eigenvalue weighted by molar-refractivity contribution is -0.129. The number of rotatable bonds is 11. The fraction of sp³-hybridized carbons (Fsp3) is 0.444. The molecule has 1 saturated carbocycles. The molecule has 0 saturated heterocycles. The number of carbonyl (C=O) groups is 3. The Labute approximate surface area is 239 Å². The fourth-order valence-corrected chi connectivity index (χ4v) is 6.67. The van der Waals surface area contributed by atoms with Crippen LogP contribution in [0.3, 0.4) is 0 Å². The zero-order valence-electron chi connectivity index (χ0n) is 21.7. The van der Waals surface area contributed by atoms with Crippen LogP contribution in [0.5, 0.6) is 0 Å². The summed E-state index contributed by atoms with van der Waals surface area (Å²) >= 11 is 10.8. The molecular formula is C27H34ClN3O6S2. The third kappa shape index (κ3) is 8.44. The highest BCUT2D eigenvalue weighted by Crippen LogP contribution is 2.34. The van der Waals surface area contributed by atoms with Crippen molar-refractivity contribution in [2.45, 2.75) is 56.6 Å². The SMILES string of the molecule is C[C@H](O)C(=O)NS(=O)(=O)c1ccccc1-c1ccc(CNC(=O)CNC(=O)[C@@H](CS)C2CCCCC2)cc1Cl. The molecule has 0 radical (unpaired) electrons. The second-order valence-electron chi connectivity index (χ2n) is 9.64. The van der Waals surface area contributed by atoms with Crippen molar-refractivity contribution < 1.29 is 27.9 Å². The highest BCUT2D eigenvalue weighted by Gasteiger charge is 2.28. The predicted octanol–water partition coefficient (Wildman–Crippen LogP) is 3.05. The summed E-state index contributed by atoms with van der Waals surface area (Å²) in [6.07, 6.45) is 3.94. The number of sulfonamides is 1. The van der Waals surface area contributed by atoms with E-state index >= 15 is 0 Å². The molecule has 0 heterocycles. The Hall–Kier alpha value is -2.60. The number of hydrogen-bond donors (Lipinski definition) is 5. The summed E-state index contributed by atoms with van der Waals surface area (Å²) in [7, 11) is -4.28. The van der Waals surface area contributed by atoms with Gasteiger partial charge in [-0.2, -0.15) is 12.6 Å². The van der Waals surface area contributed by atoms with Crippen molar-refractivity contribution in [2.75, 3.05) is 12.3 Å². The van der Waals surface area contributed by atoms with Gasteiger partial charge in [0.05, 0.1) is 11.4 Å². The average molecular weight is 596 g/mol. The van der Waals surface area contributed by atoms with Gasteiger partial charge >= 0.3 is 0 Å². The van der Waals surface area contributed by atoms with Gasteiger partial charge in [-0.1, -0.05) is 61.2 Å². The van der Waals surface area contributed by atoms with Crippen LogP contribution >= 0.6 is 24.2 Å². The van der Waals surface area contributed by atoms with Gasteiger partial charge in [0, 0.05) is 34.4 Å². The van der Waals surface area contributed by atoms with Gasteiger partial charge in [-0.3, -0.25) is 14.4 Å². The Morgan fingerprint density at radius 1 is 1.03 bits per heavy atom. The fourth-order valence-electron chi connectivity index (χ4n) is 4.63. The number of amides is 3. The Balaban J connectivity index is 1.62. The minimum atomic E-state index is -4.28. The second-order valence-corrected chi connectivity index (χ2v) is 12.1. The van der Waals surface area contributed by atoms with E-state index in [1.165, 1.54) is 18.6 Å². The molecule has 12 heteroatoms. The first kappa shape index (κ1) is 30.9. The van der Waals surface area contributed by atoms with Crippen LogP contribution in [-0.2, 0) is 31.0 Å². The molecule has 3 amide bonds. The van der Waals surface area contributed by atoms with Crippen LogP contribution in [0, 0.1) is 11.8 Å². The first-order valence-electron chi connectivity index (χ1n) is 12.8. The van der Waals surface area contributed by atoms with Gasteiger partial charge in [0.25, 0.3) is 15.9 Å². The first-order chi connectivity index (χ1) is 18.5. The highest BCUT2D eigenvalue weighted by molar-refractivity contribution is 7.90. The van der Waals surface area contributed by atoms with Crippen LogP contribution in [0.1, 0.15) is 44.6 Å². The number of hydrogen-bond acceptors (Lipinski definition) is 7. The summed E-state index contributed by atoms with van der Waals surface area (Å²) in [5.41, 5.74) is 1.34. The van der Waals surface area contributed by atoms with Gasteiger partial charge in [-0.05, 0) is 43.4 Å². The van der Waals surface area contributed by atoms with Gasteiger partial charge in [0.2, 0.25) is 11.8 Å². The normalized spacial score (nSPS) is 15.7. The van der Waals surface area contributed by atoms with E-state index < -0.39 is 22.0 Å². The Kier molecular flexibility index (Phi) is 11.2. The molecule has 0 aliphatic heterocycles. The number of aliphatic hydroxyl groups excluding tert-OH is 1. The number of halogens is 1. The standard InChI is InChI=1S/C27H34ClN3O6S2/c1-17(32)26(34)31-39(36,37)24-10-6-5-9-21(24)20-12-11-18(13-23(20)28)14-29-25(33)15-30-27(35)22(16-38)19-7-3-2-4-8-19/h5-6,9-13,17,19,22,32,38H,2-4,7-8,14-16H2,1H3,(H,29,33)(H,30,35)(H,31,34)/t17-,22-/m0/s1. The van der Waals surface area contributed by atoms with Gasteiger partial charge in [0.1, 0.15) is 6.10 Å². The predicted molar refractivity (Wildman–Crippen MR) is 153 cm³/mol. The Morgan fingerprint density at radius 3 is 2.36 bits per heavy atom. The molecule has 1 fully saturated rings. The van der Waals surface area contributed by atoms with E-state index in [0.29, 0.717) is 22.8 Å². The summed E-state index contributed by atoms with van der Waals surface area (Å²) in [5.74, 6) is -1.02. The largest absolute Gasteiger partial charge is 0.384 e. The molecule has 1 aliphatic rings. The number of carbonyl (C=O) groups excluding carboxylic acids is 3. The van der Waals surface area contributed by atoms with Gasteiger partial charge in [-0.15, -0.1) is 0 Å². The van der Waals surface area contributed by atoms with Crippen molar-refractivity contribution in [3.8, 4) is 11.1 Å². The lowest BCUT2D eigenvalue weighted by Gasteiger charge is -2.28. The molecule has 0 bridgehead atoms. The van der Waals surface area contributed by atoms with E-state index in [1.807, 2.05) is 4.72 Å². The number of thiol groups is 1. The van der Waals surface area contributed by atoms with E-state index in [9.17, 15) is 27.9 Å². The summed E-state index contributed by atoms with van der Waals surface area (Å²) in [6, 6.07) is 10.9. The maximum Gasteiger partial charge on any atom is 0.264 e. The Morgan fingerprint density at radius 2 is 1.72 bits per heavy atom. The van der Waals surface area contributed by atoms with Crippen LogP contribution in [0.25, 0.3) is 11.1 Å². The van der Waals surface area contributed by atoms with Gasteiger partial charge < -0.3 is 15.7 Å². The molecule has 0 spiro atoms. The van der Waals surface area contributed by atoms with Crippen molar-refractivity contribution in [1.29, 1.82) is 0 Å². The maximum atomic E-state index is 12.8. The molecular weight excluding hydrogens is 562 g/mol. The first-order valence-corrected chi connectivity index (χ1v) is 15.3. The zero-order chi connectivity index (χ0) is 28.6. The minimum absolute atomic E-state index is 0.148. The molecule has 0 unspecified atom stereocenters. The third-order valence-corrected chi connectivity index (χ3v) is 8.89.